The van der Waals surface area contributed by atoms with Crippen molar-refractivity contribution in [3.8, 4) is 11.1 Å². The smallest absolute Gasteiger partial charge is 0.338 e. The topological polar surface area (TPSA) is 48.3 Å². The first-order valence-corrected chi connectivity index (χ1v) is 11.5. The summed E-state index contributed by atoms with van der Waals surface area (Å²) in [5, 5.41) is 0.732. The van der Waals surface area contributed by atoms with E-state index in [1.54, 1.807) is 6.07 Å². The maximum Gasteiger partial charge on any atom is 0.338 e. The van der Waals surface area contributed by atoms with E-state index < -0.39 is 5.97 Å². The van der Waals surface area contributed by atoms with Crippen LogP contribution in [0.25, 0.3) is 22.0 Å². The van der Waals surface area contributed by atoms with Crippen LogP contribution in [-0.2, 0) is 17.7 Å². The van der Waals surface area contributed by atoms with Gasteiger partial charge in [-0.15, -0.1) is 0 Å². The third kappa shape index (κ3) is 3.66. The summed E-state index contributed by atoms with van der Waals surface area (Å²) in [5.41, 5.74) is 6.63. The van der Waals surface area contributed by atoms with Gasteiger partial charge in [-0.25, -0.2) is 4.79 Å². The van der Waals surface area contributed by atoms with Crippen molar-refractivity contribution in [3.05, 3.63) is 95.2 Å². The Morgan fingerprint density at radius 3 is 2.48 bits per heavy atom. The van der Waals surface area contributed by atoms with Crippen LogP contribution < -0.4 is 0 Å². The summed E-state index contributed by atoms with van der Waals surface area (Å²) in [6.45, 7) is 2.77. The van der Waals surface area contributed by atoms with Gasteiger partial charge >= 0.3 is 5.97 Å². The number of aromatic nitrogens is 1. The second-order valence-corrected chi connectivity index (χ2v) is 8.73. The molecule has 1 heterocycles. The Labute approximate surface area is 193 Å². The van der Waals surface area contributed by atoms with Gasteiger partial charge in [0.15, 0.2) is 5.78 Å². The number of esters is 1. The number of methoxy groups -OCH3 is 1. The fraction of sp³-hybridized carbons (Fsp3) is 0.241. The minimum absolute atomic E-state index is 0.125. The van der Waals surface area contributed by atoms with Gasteiger partial charge in [0.25, 0.3) is 0 Å². The molecule has 0 saturated carbocycles. The Balaban J connectivity index is 1.74. The maximum atomic E-state index is 13.3. The maximum absolute atomic E-state index is 13.3. The number of fused-ring (bicyclic) bond motifs is 3. The van der Waals surface area contributed by atoms with Crippen LogP contribution in [0.3, 0.4) is 0 Å². The Bertz CT molecular complexity index is 1350. The first kappa shape index (κ1) is 21.2. The number of nitrogens with zero attached hydrogens (tertiary/aromatic N) is 1. The van der Waals surface area contributed by atoms with Crippen molar-refractivity contribution >= 4 is 22.7 Å². The third-order valence-electron chi connectivity index (χ3n) is 6.85. The lowest BCUT2D eigenvalue weighted by Gasteiger charge is -2.23. The second kappa shape index (κ2) is 8.70. The number of Topliss-reactive ketones (excluding diaryl/α,β-unsaturated/α-hetero) is 1. The van der Waals surface area contributed by atoms with Crippen LogP contribution in [0, 0.1) is 5.92 Å². The molecule has 0 fully saturated rings. The fourth-order valence-corrected chi connectivity index (χ4v) is 5.15. The standard InChI is InChI=1S/C29H27NO3/c1-3-19-16-25-28(26(31)17-19)27-23(29(32)33-2)14-9-15-24(27)30(25)18-21-12-7-8-13-22(21)20-10-5-4-6-11-20/h4-15,19H,3,16-18H2,1-2H3. The van der Waals surface area contributed by atoms with E-state index in [4.69, 9.17) is 4.74 Å². The molecular weight excluding hydrogens is 410 g/mol. The normalized spacial score (nSPS) is 15.5. The Kier molecular flexibility index (Phi) is 5.59. The van der Waals surface area contributed by atoms with Gasteiger partial charge in [-0.1, -0.05) is 74.0 Å². The molecule has 0 amide bonds. The molecule has 1 atom stereocenters. The summed E-state index contributed by atoms with van der Waals surface area (Å²) in [5.74, 6) is 0.0363. The molecule has 33 heavy (non-hydrogen) atoms. The van der Waals surface area contributed by atoms with Crippen molar-refractivity contribution in [2.24, 2.45) is 5.92 Å². The second-order valence-electron chi connectivity index (χ2n) is 8.73. The number of hydrogen-bond donors (Lipinski definition) is 0. The molecule has 1 aromatic heterocycles. The SMILES string of the molecule is CCC1CC(=O)c2c(n(Cc3ccccc3-c3ccccc3)c3cccc(C(=O)OC)c23)C1. The predicted octanol–water partition coefficient (Wildman–Crippen LogP) is 6.30. The number of ether oxygens (including phenoxy) is 1. The molecular formula is C29H27NO3. The average Bonchev–Trinajstić information content (AvgIpc) is 3.18. The molecule has 0 radical (unpaired) electrons. The first-order valence-electron chi connectivity index (χ1n) is 11.5. The molecule has 0 saturated heterocycles. The molecule has 0 bridgehead atoms. The quantitative estimate of drug-likeness (QED) is 0.344. The van der Waals surface area contributed by atoms with E-state index in [1.165, 1.54) is 18.2 Å². The number of ketones is 1. The van der Waals surface area contributed by atoms with Gasteiger partial charge in [-0.2, -0.15) is 0 Å². The molecule has 1 aliphatic carbocycles. The van der Waals surface area contributed by atoms with Gasteiger partial charge in [0.2, 0.25) is 0 Å². The predicted molar refractivity (Wildman–Crippen MR) is 131 cm³/mol. The van der Waals surface area contributed by atoms with E-state index in [-0.39, 0.29) is 5.78 Å². The number of benzene rings is 3. The van der Waals surface area contributed by atoms with Crippen molar-refractivity contribution in [1.29, 1.82) is 0 Å². The lowest BCUT2D eigenvalue weighted by Crippen LogP contribution is -2.21. The molecule has 4 heteroatoms. The zero-order valence-corrected chi connectivity index (χ0v) is 19.0. The summed E-state index contributed by atoms with van der Waals surface area (Å²) in [7, 11) is 1.38. The molecule has 0 aliphatic heterocycles. The zero-order valence-electron chi connectivity index (χ0n) is 19.0. The summed E-state index contributed by atoms with van der Waals surface area (Å²) >= 11 is 0. The van der Waals surface area contributed by atoms with Crippen LogP contribution in [0.2, 0.25) is 0 Å². The Morgan fingerprint density at radius 2 is 1.73 bits per heavy atom. The monoisotopic (exact) mass is 437 g/mol. The molecule has 166 valence electrons. The van der Waals surface area contributed by atoms with E-state index in [1.807, 2.05) is 30.3 Å². The summed E-state index contributed by atoms with van der Waals surface area (Å²) in [6.07, 6.45) is 2.32. The van der Waals surface area contributed by atoms with Gasteiger partial charge in [0.1, 0.15) is 0 Å². The number of carbonyl (C=O) groups excluding carboxylic acids is 2. The zero-order chi connectivity index (χ0) is 22.9. The van der Waals surface area contributed by atoms with Crippen LogP contribution in [0.4, 0.5) is 0 Å². The first-order chi connectivity index (χ1) is 16.1. The minimum atomic E-state index is -0.407. The molecule has 1 aliphatic rings. The highest BCUT2D eigenvalue weighted by Crippen LogP contribution is 2.38. The Hall–Kier alpha value is -3.66. The summed E-state index contributed by atoms with van der Waals surface area (Å²) < 4.78 is 7.31. The number of rotatable bonds is 5. The van der Waals surface area contributed by atoms with E-state index in [0.717, 1.165) is 35.0 Å². The molecule has 4 nitrogen and oxygen atoms in total. The largest absolute Gasteiger partial charge is 0.465 e. The molecule has 0 spiro atoms. The van der Waals surface area contributed by atoms with Crippen molar-refractivity contribution in [1.82, 2.24) is 4.57 Å². The van der Waals surface area contributed by atoms with Crippen molar-refractivity contribution in [2.75, 3.05) is 7.11 Å². The van der Waals surface area contributed by atoms with Gasteiger partial charge in [-0.05, 0) is 41.2 Å². The summed E-state index contributed by atoms with van der Waals surface area (Å²) in [6, 6.07) is 24.4. The van der Waals surface area contributed by atoms with Crippen LogP contribution >= 0.6 is 0 Å². The van der Waals surface area contributed by atoms with Gasteiger partial charge < -0.3 is 9.30 Å². The number of carbonyl (C=O) groups is 2. The molecule has 0 N–H and O–H groups in total. The lowest BCUT2D eigenvalue weighted by molar-refractivity contribution is 0.0603. The molecule has 1 unspecified atom stereocenters. The van der Waals surface area contributed by atoms with E-state index in [0.29, 0.717) is 30.0 Å². The highest BCUT2D eigenvalue weighted by atomic mass is 16.5. The highest BCUT2D eigenvalue weighted by Gasteiger charge is 2.32. The summed E-state index contributed by atoms with van der Waals surface area (Å²) in [4.78, 5) is 25.9. The molecule has 3 aromatic carbocycles. The van der Waals surface area contributed by atoms with Crippen molar-refractivity contribution < 1.29 is 14.3 Å². The molecule has 4 aromatic rings. The van der Waals surface area contributed by atoms with E-state index >= 15 is 0 Å². The Morgan fingerprint density at radius 1 is 0.970 bits per heavy atom. The highest BCUT2D eigenvalue weighted by molar-refractivity contribution is 6.16. The van der Waals surface area contributed by atoms with E-state index in [2.05, 4.69) is 47.9 Å². The van der Waals surface area contributed by atoms with Crippen LogP contribution in [0.15, 0.2) is 72.8 Å². The van der Waals surface area contributed by atoms with Crippen LogP contribution in [-0.4, -0.2) is 23.4 Å². The minimum Gasteiger partial charge on any atom is -0.465 e. The van der Waals surface area contributed by atoms with Crippen molar-refractivity contribution in [3.63, 3.8) is 0 Å². The lowest BCUT2D eigenvalue weighted by atomic mass is 9.83. The van der Waals surface area contributed by atoms with E-state index in [9.17, 15) is 9.59 Å². The third-order valence-corrected chi connectivity index (χ3v) is 6.85. The fourth-order valence-electron chi connectivity index (χ4n) is 5.15. The van der Waals surface area contributed by atoms with Crippen LogP contribution in [0.1, 0.15) is 51.7 Å². The van der Waals surface area contributed by atoms with Gasteiger partial charge in [0, 0.05) is 29.6 Å². The molecule has 5 rings (SSSR count). The van der Waals surface area contributed by atoms with Crippen LogP contribution in [0.5, 0.6) is 0 Å². The average molecular weight is 438 g/mol. The van der Waals surface area contributed by atoms with Crippen molar-refractivity contribution in [2.45, 2.75) is 32.7 Å². The number of hydrogen-bond acceptors (Lipinski definition) is 3. The van der Waals surface area contributed by atoms with Gasteiger partial charge in [0.05, 0.1) is 18.2 Å². The van der Waals surface area contributed by atoms with Gasteiger partial charge in [-0.3, -0.25) is 4.79 Å².